The van der Waals surface area contributed by atoms with Gasteiger partial charge in [0.15, 0.2) is 5.96 Å². The van der Waals surface area contributed by atoms with Crippen LogP contribution in [-0.4, -0.2) is 60.1 Å². The minimum atomic E-state index is 0.799. The molecule has 1 aliphatic heterocycles. The first-order valence-corrected chi connectivity index (χ1v) is 8.33. The third kappa shape index (κ3) is 3.67. The average Bonchev–Trinajstić information content (AvgIpc) is 3.28. The van der Waals surface area contributed by atoms with E-state index in [-0.39, 0.29) is 0 Å². The number of aromatic nitrogens is 2. The van der Waals surface area contributed by atoms with Crippen molar-refractivity contribution in [2.45, 2.75) is 20.3 Å². The highest BCUT2D eigenvalue weighted by molar-refractivity contribution is 5.80. The fourth-order valence-corrected chi connectivity index (χ4v) is 2.86. The zero-order chi connectivity index (χ0) is 15.4. The number of piperazine rings is 1. The first-order chi connectivity index (χ1) is 10.8. The van der Waals surface area contributed by atoms with E-state index in [0.29, 0.717) is 0 Å². The number of anilines is 1. The number of aliphatic imine (C=N–C) groups is 1. The van der Waals surface area contributed by atoms with Gasteiger partial charge in [-0.2, -0.15) is 0 Å². The standard InChI is InChI=1S/C16H26N6/c1-3-17-15(20-12-14-11-13(14)2)21-7-9-22(10-8-21)16-18-5-4-6-19-16/h4-6,13-14H,3,7-12H2,1-2H3,(H,17,20). The van der Waals surface area contributed by atoms with Crippen molar-refractivity contribution in [2.24, 2.45) is 16.8 Å². The molecule has 1 N–H and O–H groups in total. The molecule has 6 nitrogen and oxygen atoms in total. The second kappa shape index (κ2) is 6.94. The Morgan fingerprint density at radius 2 is 1.95 bits per heavy atom. The van der Waals surface area contributed by atoms with Gasteiger partial charge in [-0.3, -0.25) is 4.99 Å². The minimum Gasteiger partial charge on any atom is -0.357 e. The lowest BCUT2D eigenvalue weighted by molar-refractivity contribution is 0.370. The summed E-state index contributed by atoms with van der Waals surface area (Å²) in [6, 6.07) is 1.86. The summed E-state index contributed by atoms with van der Waals surface area (Å²) in [6.07, 6.45) is 4.94. The Kier molecular flexibility index (Phi) is 4.75. The highest BCUT2D eigenvalue weighted by atomic mass is 15.4. The van der Waals surface area contributed by atoms with Crippen LogP contribution in [0.3, 0.4) is 0 Å². The summed E-state index contributed by atoms with van der Waals surface area (Å²) in [7, 11) is 0. The maximum absolute atomic E-state index is 4.83. The molecule has 2 unspecified atom stereocenters. The van der Waals surface area contributed by atoms with E-state index in [9.17, 15) is 0 Å². The maximum atomic E-state index is 4.83. The van der Waals surface area contributed by atoms with Crippen LogP contribution in [0.2, 0.25) is 0 Å². The van der Waals surface area contributed by atoms with Gasteiger partial charge in [-0.25, -0.2) is 9.97 Å². The van der Waals surface area contributed by atoms with Crippen LogP contribution in [0.25, 0.3) is 0 Å². The van der Waals surface area contributed by atoms with Gasteiger partial charge >= 0.3 is 0 Å². The highest BCUT2D eigenvalue weighted by Gasteiger charge is 2.32. The zero-order valence-electron chi connectivity index (χ0n) is 13.6. The normalized spacial score (nSPS) is 25.3. The quantitative estimate of drug-likeness (QED) is 0.669. The van der Waals surface area contributed by atoms with E-state index in [2.05, 4.69) is 38.9 Å². The van der Waals surface area contributed by atoms with Crippen molar-refractivity contribution >= 4 is 11.9 Å². The summed E-state index contributed by atoms with van der Waals surface area (Å²) < 4.78 is 0. The van der Waals surface area contributed by atoms with E-state index >= 15 is 0 Å². The molecular weight excluding hydrogens is 276 g/mol. The monoisotopic (exact) mass is 302 g/mol. The van der Waals surface area contributed by atoms with Crippen LogP contribution >= 0.6 is 0 Å². The number of rotatable bonds is 4. The molecule has 3 rings (SSSR count). The van der Waals surface area contributed by atoms with Gasteiger partial charge < -0.3 is 15.1 Å². The van der Waals surface area contributed by atoms with Gasteiger partial charge in [0.25, 0.3) is 0 Å². The molecule has 1 saturated carbocycles. The van der Waals surface area contributed by atoms with Crippen LogP contribution in [0, 0.1) is 11.8 Å². The number of nitrogens with zero attached hydrogens (tertiary/aromatic N) is 5. The van der Waals surface area contributed by atoms with E-state index in [1.807, 2.05) is 6.07 Å². The molecule has 1 aromatic rings. The molecule has 1 aliphatic carbocycles. The molecular formula is C16H26N6. The predicted molar refractivity (Wildman–Crippen MR) is 89.1 cm³/mol. The van der Waals surface area contributed by atoms with Gasteiger partial charge in [-0.15, -0.1) is 0 Å². The number of hydrogen-bond donors (Lipinski definition) is 1. The third-order valence-corrected chi connectivity index (χ3v) is 4.50. The van der Waals surface area contributed by atoms with E-state index in [0.717, 1.165) is 63.0 Å². The van der Waals surface area contributed by atoms with Gasteiger partial charge in [-0.05, 0) is 31.2 Å². The van der Waals surface area contributed by atoms with E-state index in [1.54, 1.807) is 12.4 Å². The summed E-state index contributed by atoms with van der Waals surface area (Å²) >= 11 is 0. The minimum absolute atomic E-state index is 0.799. The van der Waals surface area contributed by atoms with Gasteiger partial charge in [0.05, 0.1) is 0 Å². The molecule has 2 fully saturated rings. The van der Waals surface area contributed by atoms with Crippen LogP contribution in [0.5, 0.6) is 0 Å². The Morgan fingerprint density at radius 1 is 1.27 bits per heavy atom. The van der Waals surface area contributed by atoms with Crippen molar-refractivity contribution in [3.8, 4) is 0 Å². The Hall–Kier alpha value is -1.85. The fourth-order valence-electron chi connectivity index (χ4n) is 2.86. The van der Waals surface area contributed by atoms with Crippen molar-refractivity contribution in [1.29, 1.82) is 0 Å². The van der Waals surface area contributed by atoms with Crippen molar-refractivity contribution in [3.05, 3.63) is 18.5 Å². The SMILES string of the molecule is CCNC(=NCC1CC1C)N1CCN(c2ncccn2)CC1. The van der Waals surface area contributed by atoms with E-state index in [1.165, 1.54) is 6.42 Å². The van der Waals surface area contributed by atoms with Crippen molar-refractivity contribution in [2.75, 3.05) is 44.2 Å². The summed E-state index contributed by atoms with van der Waals surface area (Å²) in [5.41, 5.74) is 0. The lowest BCUT2D eigenvalue weighted by Gasteiger charge is -2.36. The van der Waals surface area contributed by atoms with Crippen molar-refractivity contribution in [1.82, 2.24) is 20.2 Å². The predicted octanol–water partition coefficient (Wildman–Crippen LogP) is 1.22. The Morgan fingerprint density at radius 3 is 2.55 bits per heavy atom. The summed E-state index contributed by atoms with van der Waals surface area (Å²) in [5.74, 6) is 3.55. The first-order valence-electron chi connectivity index (χ1n) is 8.33. The van der Waals surface area contributed by atoms with Crippen molar-refractivity contribution < 1.29 is 0 Å². The average molecular weight is 302 g/mol. The lowest BCUT2D eigenvalue weighted by atomic mass is 10.3. The topological polar surface area (TPSA) is 56.7 Å². The Bertz CT molecular complexity index is 495. The summed E-state index contributed by atoms with van der Waals surface area (Å²) in [6.45, 7) is 10.1. The van der Waals surface area contributed by atoms with Crippen LogP contribution in [-0.2, 0) is 0 Å². The maximum Gasteiger partial charge on any atom is 0.225 e. The molecule has 22 heavy (non-hydrogen) atoms. The molecule has 0 amide bonds. The second-order valence-electron chi connectivity index (χ2n) is 6.19. The molecule has 120 valence electrons. The van der Waals surface area contributed by atoms with Crippen LogP contribution in [0.4, 0.5) is 5.95 Å². The number of guanidine groups is 1. The molecule has 2 heterocycles. The third-order valence-electron chi connectivity index (χ3n) is 4.50. The van der Waals surface area contributed by atoms with Crippen LogP contribution < -0.4 is 10.2 Å². The number of hydrogen-bond acceptors (Lipinski definition) is 4. The smallest absolute Gasteiger partial charge is 0.225 e. The van der Waals surface area contributed by atoms with E-state index in [4.69, 9.17) is 4.99 Å². The fraction of sp³-hybridized carbons (Fsp3) is 0.688. The Balaban J connectivity index is 1.56. The van der Waals surface area contributed by atoms with Crippen LogP contribution in [0.1, 0.15) is 20.3 Å². The molecule has 1 aromatic heterocycles. The largest absolute Gasteiger partial charge is 0.357 e. The zero-order valence-corrected chi connectivity index (χ0v) is 13.6. The van der Waals surface area contributed by atoms with Gasteiger partial charge in [0.2, 0.25) is 5.95 Å². The van der Waals surface area contributed by atoms with Gasteiger partial charge in [0.1, 0.15) is 0 Å². The molecule has 1 saturated heterocycles. The number of nitrogens with one attached hydrogen (secondary N) is 1. The molecule has 2 atom stereocenters. The summed E-state index contributed by atoms with van der Waals surface area (Å²) in [4.78, 5) is 18.1. The van der Waals surface area contributed by atoms with Crippen LogP contribution in [0.15, 0.2) is 23.5 Å². The molecule has 0 bridgehead atoms. The van der Waals surface area contributed by atoms with Gasteiger partial charge in [-0.1, -0.05) is 6.92 Å². The summed E-state index contributed by atoms with van der Waals surface area (Å²) in [5, 5.41) is 3.43. The molecule has 0 radical (unpaired) electrons. The molecule has 6 heteroatoms. The Labute approximate surface area is 132 Å². The first kappa shape index (κ1) is 15.1. The van der Waals surface area contributed by atoms with Gasteiger partial charge in [0, 0.05) is 51.7 Å². The highest BCUT2D eigenvalue weighted by Crippen LogP contribution is 2.37. The molecule has 0 spiro atoms. The van der Waals surface area contributed by atoms with E-state index < -0.39 is 0 Å². The lowest BCUT2D eigenvalue weighted by Crippen LogP contribution is -2.53. The molecule has 0 aromatic carbocycles. The molecule has 2 aliphatic rings. The van der Waals surface area contributed by atoms with Crippen molar-refractivity contribution in [3.63, 3.8) is 0 Å². The second-order valence-corrected chi connectivity index (χ2v) is 6.19.